The molecule has 0 fully saturated rings. The van der Waals surface area contributed by atoms with Crippen molar-refractivity contribution in [1.29, 1.82) is 0 Å². The molecule has 1 aromatic carbocycles. The second-order valence-electron chi connectivity index (χ2n) is 4.36. The van der Waals surface area contributed by atoms with Crippen LogP contribution in [0, 0.1) is 6.92 Å². The lowest BCUT2D eigenvalue weighted by Gasteiger charge is -2.16. The van der Waals surface area contributed by atoms with Gasteiger partial charge in [-0.3, -0.25) is 11.3 Å². The fraction of sp³-hybridized carbons (Fsp3) is 0.286. The van der Waals surface area contributed by atoms with Crippen LogP contribution in [0.2, 0.25) is 0 Å². The van der Waals surface area contributed by atoms with Crippen LogP contribution in [0.15, 0.2) is 34.1 Å². The number of ether oxygens (including phenoxy) is 1. The lowest BCUT2D eigenvalue weighted by molar-refractivity contribution is 0.412. The van der Waals surface area contributed by atoms with Gasteiger partial charge in [0.05, 0.1) is 17.6 Å². The van der Waals surface area contributed by atoms with Gasteiger partial charge in [0.15, 0.2) is 0 Å². The third-order valence-electron chi connectivity index (χ3n) is 3.08. The van der Waals surface area contributed by atoms with Gasteiger partial charge in [0.1, 0.15) is 5.75 Å². The first kappa shape index (κ1) is 14.5. The molecule has 5 heteroatoms. The SMILES string of the molecule is COc1ccc(CC(NN)c2sccc2C)cc1Br. The van der Waals surface area contributed by atoms with E-state index < -0.39 is 0 Å². The molecule has 0 radical (unpaired) electrons. The summed E-state index contributed by atoms with van der Waals surface area (Å²) in [6, 6.07) is 8.37. The molecule has 1 aromatic heterocycles. The number of rotatable bonds is 5. The normalized spacial score (nSPS) is 12.4. The second kappa shape index (κ2) is 6.52. The molecule has 19 heavy (non-hydrogen) atoms. The summed E-state index contributed by atoms with van der Waals surface area (Å²) in [6.07, 6.45) is 0.848. The maximum atomic E-state index is 5.70. The van der Waals surface area contributed by atoms with Crippen LogP contribution in [-0.4, -0.2) is 7.11 Å². The molecule has 0 aliphatic rings. The lowest BCUT2D eigenvalue weighted by atomic mass is 10.0. The van der Waals surface area contributed by atoms with Gasteiger partial charge in [-0.15, -0.1) is 11.3 Å². The van der Waals surface area contributed by atoms with Crippen molar-refractivity contribution in [2.45, 2.75) is 19.4 Å². The van der Waals surface area contributed by atoms with Crippen molar-refractivity contribution < 1.29 is 4.74 Å². The number of nitrogens with two attached hydrogens (primary N) is 1. The highest BCUT2D eigenvalue weighted by Crippen LogP contribution is 2.30. The number of nitrogens with one attached hydrogen (secondary N) is 1. The van der Waals surface area contributed by atoms with Crippen molar-refractivity contribution in [3.63, 3.8) is 0 Å². The first-order valence-electron chi connectivity index (χ1n) is 5.98. The molecule has 3 nitrogen and oxygen atoms in total. The van der Waals surface area contributed by atoms with E-state index in [4.69, 9.17) is 10.6 Å². The van der Waals surface area contributed by atoms with Crippen LogP contribution >= 0.6 is 27.3 Å². The van der Waals surface area contributed by atoms with Crippen LogP contribution < -0.4 is 16.0 Å². The number of methoxy groups -OCH3 is 1. The zero-order valence-electron chi connectivity index (χ0n) is 10.9. The quantitative estimate of drug-likeness (QED) is 0.646. The minimum absolute atomic E-state index is 0.139. The van der Waals surface area contributed by atoms with E-state index in [1.54, 1.807) is 18.4 Å². The number of hydrazine groups is 1. The van der Waals surface area contributed by atoms with Crippen LogP contribution in [-0.2, 0) is 6.42 Å². The fourth-order valence-corrected chi connectivity index (χ4v) is 3.62. The molecule has 2 aromatic rings. The van der Waals surface area contributed by atoms with Gasteiger partial charge in [-0.2, -0.15) is 0 Å². The Morgan fingerprint density at radius 3 is 2.74 bits per heavy atom. The van der Waals surface area contributed by atoms with Gasteiger partial charge in [-0.05, 0) is 64.0 Å². The van der Waals surface area contributed by atoms with Crippen molar-refractivity contribution in [2.24, 2.45) is 5.84 Å². The summed E-state index contributed by atoms with van der Waals surface area (Å²) < 4.78 is 6.20. The second-order valence-corrected chi connectivity index (χ2v) is 6.16. The van der Waals surface area contributed by atoms with E-state index in [1.807, 2.05) is 6.07 Å². The third kappa shape index (κ3) is 3.36. The van der Waals surface area contributed by atoms with E-state index in [0.29, 0.717) is 0 Å². The topological polar surface area (TPSA) is 47.3 Å². The Labute approximate surface area is 125 Å². The number of aryl methyl sites for hydroxylation is 1. The predicted molar refractivity (Wildman–Crippen MR) is 83.5 cm³/mol. The average molecular weight is 341 g/mol. The molecule has 0 amide bonds. The molecule has 1 atom stereocenters. The van der Waals surface area contributed by atoms with Gasteiger partial charge < -0.3 is 4.74 Å². The molecule has 0 saturated heterocycles. The zero-order valence-corrected chi connectivity index (χ0v) is 13.3. The molecule has 0 spiro atoms. The summed E-state index contributed by atoms with van der Waals surface area (Å²) in [5.41, 5.74) is 5.40. The summed E-state index contributed by atoms with van der Waals surface area (Å²) in [4.78, 5) is 1.29. The zero-order chi connectivity index (χ0) is 13.8. The average Bonchev–Trinajstić information content (AvgIpc) is 2.82. The number of thiophene rings is 1. The molecule has 0 bridgehead atoms. The van der Waals surface area contributed by atoms with Gasteiger partial charge in [0.2, 0.25) is 0 Å². The minimum atomic E-state index is 0.139. The van der Waals surface area contributed by atoms with Crippen molar-refractivity contribution in [3.8, 4) is 5.75 Å². The molecular formula is C14H17BrN2OS. The molecular weight excluding hydrogens is 324 g/mol. The van der Waals surface area contributed by atoms with Crippen LogP contribution in [0.25, 0.3) is 0 Å². The van der Waals surface area contributed by atoms with E-state index in [1.165, 1.54) is 16.0 Å². The van der Waals surface area contributed by atoms with E-state index >= 15 is 0 Å². The molecule has 2 rings (SSSR count). The van der Waals surface area contributed by atoms with Crippen LogP contribution in [0.3, 0.4) is 0 Å². The maximum Gasteiger partial charge on any atom is 0.133 e. The van der Waals surface area contributed by atoms with Gasteiger partial charge in [0.25, 0.3) is 0 Å². The molecule has 102 valence electrons. The van der Waals surface area contributed by atoms with Gasteiger partial charge >= 0.3 is 0 Å². The van der Waals surface area contributed by atoms with E-state index in [-0.39, 0.29) is 6.04 Å². The molecule has 0 saturated carbocycles. The van der Waals surface area contributed by atoms with Crippen LogP contribution in [0.1, 0.15) is 22.0 Å². The van der Waals surface area contributed by atoms with E-state index in [0.717, 1.165) is 16.6 Å². The first-order chi connectivity index (χ1) is 9.15. The Kier molecular flexibility index (Phi) is 4.99. The highest BCUT2D eigenvalue weighted by Gasteiger charge is 2.15. The molecule has 0 aliphatic heterocycles. The fourth-order valence-electron chi connectivity index (χ4n) is 2.04. The van der Waals surface area contributed by atoms with Crippen LogP contribution in [0.4, 0.5) is 0 Å². The predicted octanol–water partition coefficient (Wildman–Crippen LogP) is 3.57. The lowest BCUT2D eigenvalue weighted by Crippen LogP contribution is -2.29. The summed E-state index contributed by atoms with van der Waals surface area (Å²) in [7, 11) is 1.67. The summed E-state index contributed by atoms with van der Waals surface area (Å²) in [5, 5.41) is 2.10. The Bertz CT molecular complexity index is 556. The standard InChI is InChI=1S/C14H17BrN2OS/c1-9-5-6-19-14(9)12(17-16)8-10-3-4-13(18-2)11(15)7-10/h3-7,12,17H,8,16H2,1-2H3. The van der Waals surface area contributed by atoms with Gasteiger partial charge in [-0.1, -0.05) is 6.07 Å². The number of benzene rings is 1. The van der Waals surface area contributed by atoms with Crippen molar-refractivity contribution >= 4 is 27.3 Å². The van der Waals surface area contributed by atoms with Crippen molar-refractivity contribution in [2.75, 3.05) is 7.11 Å². The largest absolute Gasteiger partial charge is 0.496 e. The van der Waals surface area contributed by atoms with Crippen molar-refractivity contribution in [1.82, 2.24) is 5.43 Å². The van der Waals surface area contributed by atoms with Gasteiger partial charge in [0, 0.05) is 4.88 Å². The number of hydrogen-bond donors (Lipinski definition) is 2. The van der Waals surface area contributed by atoms with E-state index in [2.05, 4.69) is 51.9 Å². The maximum absolute atomic E-state index is 5.70. The van der Waals surface area contributed by atoms with Gasteiger partial charge in [-0.25, -0.2) is 0 Å². The Balaban J connectivity index is 2.19. The highest BCUT2D eigenvalue weighted by molar-refractivity contribution is 9.10. The summed E-state index contributed by atoms with van der Waals surface area (Å²) in [5.74, 6) is 6.54. The Hall–Kier alpha value is -0.880. The van der Waals surface area contributed by atoms with Crippen LogP contribution in [0.5, 0.6) is 5.75 Å². The Morgan fingerprint density at radius 2 is 2.21 bits per heavy atom. The summed E-state index contributed by atoms with van der Waals surface area (Å²) >= 11 is 5.24. The third-order valence-corrected chi connectivity index (χ3v) is 4.83. The molecule has 1 heterocycles. The summed E-state index contributed by atoms with van der Waals surface area (Å²) in [6.45, 7) is 2.11. The van der Waals surface area contributed by atoms with Crippen molar-refractivity contribution in [3.05, 3.63) is 50.1 Å². The highest BCUT2D eigenvalue weighted by atomic mass is 79.9. The molecule has 3 N–H and O–H groups in total. The molecule has 0 aliphatic carbocycles. The first-order valence-corrected chi connectivity index (χ1v) is 7.65. The molecule has 1 unspecified atom stereocenters. The smallest absolute Gasteiger partial charge is 0.133 e. The number of hydrogen-bond acceptors (Lipinski definition) is 4. The monoisotopic (exact) mass is 340 g/mol. The minimum Gasteiger partial charge on any atom is -0.496 e. The number of halogens is 1. The Morgan fingerprint density at radius 1 is 1.42 bits per heavy atom. The van der Waals surface area contributed by atoms with E-state index in [9.17, 15) is 0 Å².